The molecule has 11 heteroatoms. The van der Waals surface area contributed by atoms with Crippen LogP contribution in [0.25, 0.3) is 22.3 Å². The van der Waals surface area contributed by atoms with Gasteiger partial charge in [0.2, 0.25) is 5.88 Å². The van der Waals surface area contributed by atoms with Crippen molar-refractivity contribution in [3.8, 4) is 17.1 Å². The molecule has 1 atom stereocenters. The number of nitrogens with one attached hydrogen (secondary N) is 2. The molecule has 0 bridgehead atoms. The number of hydrogen-bond acceptors (Lipinski definition) is 7. The topological polar surface area (TPSA) is 91.9 Å². The highest BCUT2D eigenvalue weighted by Gasteiger charge is 2.28. The standard InChI is InChI=1S/C25H26F3N7O/c1-16(35-8-6-29-7-9-35)17-4-5-30-19(10-17)12-23-33-20-3-2-18(11-22(20)34-23)21-13-24(32-15-31-21)36-14-25(26,27)28/h2-5,10-11,13,15-16,29H,6-9,12,14H2,1H3,(H,33,34). The first-order chi connectivity index (χ1) is 17.3. The Morgan fingerprint density at radius 2 is 1.89 bits per heavy atom. The molecule has 1 aromatic carbocycles. The molecule has 5 rings (SSSR count). The number of pyridine rings is 1. The van der Waals surface area contributed by atoms with Crippen LogP contribution in [0.1, 0.15) is 30.0 Å². The zero-order valence-electron chi connectivity index (χ0n) is 19.7. The predicted molar refractivity (Wildman–Crippen MR) is 129 cm³/mol. The van der Waals surface area contributed by atoms with Crippen molar-refractivity contribution >= 4 is 11.0 Å². The third kappa shape index (κ3) is 5.80. The smallest absolute Gasteiger partial charge is 0.422 e. The molecule has 0 aliphatic carbocycles. The molecule has 1 fully saturated rings. The van der Waals surface area contributed by atoms with E-state index in [1.54, 1.807) is 0 Å². The number of halogens is 3. The molecule has 2 N–H and O–H groups in total. The summed E-state index contributed by atoms with van der Waals surface area (Å²) in [6, 6.07) is 11.4. The molecule has 36 heavy (non-hydrogen) atoms. The Morgan fingerprint density at radius 1 is 1.06 bits per heavy atom. The Labute approximate surface area is 206 Å². The molecule has 4 aromatic rings. The fraction of sp³-hybridized carbons (Fsp3) is 0.360. The molecule has 4 heterocycles. The van der Waals surface area contributed by atoms with Crippen LogP contribution in [-0.4, -0.2) is 68.8 Å². The number of alkyl halides is 3. The second-order valence-corrected chi connectivity index (χ2v) is 8.78. The van der Waals surface area contributed by atoms with E-state index < -0.39 is 12.8 Å². The third-order valence-corrected chi connectivity index (χ3v) is 6.22. The summed E-state index contributed by atoms with van der Waals surface area (Å²) in [5.74, 6) is 0.641. The monoisotopic (exact) mass is 497 g/mol. The van der Waals surface area contributed by atoms with Gasteiger partial charge in [0.05, 0.1) is 16.7 Å². The van der Waals surface area contributed by atoms with E-state index in [4.69, 9.17) is 4.74 Å². The third-order valence-electron chi connectivity index (χ3n) is 6.22. The Morgan fingerprint density at radius 3 is 2.69 bits per heavy atom. The van der Waals surface area contributed by atoms with E-state index in [-0.39, 0.29) is 5.88 Å². The van der Waals surface area contributed by atoms with E-state index in [1.807, 2.05) is 24.4 Å². The van der Waals surface area contributed by atoms with Crippen LogP contribution in [-0.2, 0) is 6.42 Å². The number of fused-ring (bicyclic) bond motifs is 1. The van der Waals surface area contributed by atoms with Crippen molar-refractivity contribution in [2.75, 3.05) is 32.8 Å². The number of benzene rings is 1. The van der Waals surface area contributed by atoms with Crippen LogP contribution >= 0.6 is 0 Å². The minimum Gasteiger partial charge on any atom is -0.468 e. The van der Waals surface area contributed by atoms with Crippen molar-refractivity contribution in [1.82, 2.24) is 35.1 Å². The highest BCUT2D eigenvalue weighted by atomic mass is 19.4. The van der Waals surface area contributed by atoms with Crippen molar-refractivity contribution in [3.63, 3.8) is 0 Å². The van der Waals surface area contributed by atoms with Crippen molar-refractivity contribution in [3.05, 3.63) is 66.0 Å². The summed E-state index contributed by atoms with van der Waals surface area (Å²) in [7, 11) is 0. The summed E-state index contributed by atoms with van der Waals surface area (Å²) < 4.78 is 42.1. The van der Waals surface area contributed by atoms with Crippen molar-refractivity contribution in [2.45, 2.75) is 25.6 Å². The first-order valence-corrected chi connectivity index (χ1v) is 11.7. The van der Waals surface area contributed by atoms with Gasteiger partial charge in [-0.05, 0) is 36.8 Å². The van der Waals surface area contributed by atoms with Crippen LogP contribution in [0.2, 0.25) is 0 Å². The summed E-state index contributed by atoms with van der Waals surface area (Å²) in [5, 5.41) is 3.39. The Kier molecular flexibility index (Phi) is 6.84. The van der Waals surface area contributed by atoms with E-state index in [0.29, 0.717) is 23.7 Å². The fourth-order valence-electron chi connectivity index (χ4n) is 4.34. The van der Waals surface area contributed by atoms with Gasteiger partial charge < -0.3 is 15.0 Å². The predicted octanol–water partition coefficient (Wildman–Crippen LogP) is 3.91. The van der Waals surface area contributed by atoms with Gasteiger partial charge in [0.25, 0.3) is 0 Å². The number of ether oxygens (including phenoxy) is 1. The van der Waals surface area contributed by atoms with Crippen LogP contribution < -0.4 is 10.1 Å². The number of rotatable bonds is 7. The molecule has 1 aliphatic rings. The molecule has 1 aliphatic heterocycles. The zero-order valence-corrected chi connectivity index (χ0v) is 19.7. The maximum Gasteiger partial charge on any atom is 0.422 e. The van der Waals surface area contributed by atoms with E-state index in [1.165, 1.54) is 18.0 Å². The summed E-state index contributed by atoms with van der Waals surface area (Å²) in [6.07, 6.45) is -0.857. The largest absolute Gasteiger partial charge is 0.468 e. The van der Waals surface area contributed by atoms with Gasteiger partial charge in [-0.3, -0.25) is 9.88 Å². The number of aromatic nitrogens is 5. The maximum atomic E-state index is 12.5. The van der Waals surface area contributed by atoms with Crippen molar-refractivity contribution < 1.29 is 17.9 Å². The molecule has 0 amide bonds. The molecule has 0 spiro atoms. The summed E-state index contributed by atoms with van der Waals surface area (Å²) in [4.78, 5) is 23.0. The molecule has 1 unspecified atom stereocenters. The van der Waals surface area contributed by atoms with Gasteiger partial charge in [-0.15, -0.1) is 0 Å². The highest BCUT2D eigenvalue weighted by Crippen LogP contribution is 2.26. The van der Waals surface area contributed by atoms with Crippen molar-refractivity contribution in [1.29, 1.82) is 0 Å². The van der Waals surface area contributed by atoms with Crippen LogP contribution in [0.3, 0.4) is 0 Å². The first-order valence-electron chi connectivity index (χ1n) is 11.7. The van der Waals surface area contributed by atoms with E-state index in [0.717, 1.165) is 48.7 Å². The molecular weight excluding hydrogens is 471 g/mol. The molecule has 0 saturated carbocycles. The minimum atomic E-state index is -4.44. The van der Waals surface area contributed by atoms with E-state index in [9.17, 15) is 13.2 Å². The SMILES string of the molecule is CC(c1ccnc(Cc2nc3ccc(-c4cc(OCC(F)(F)F)ncn4)cc3[nH]2)c1)N1CCNCC1. The van der Waals surface area contributed by atoms with Gasteiger partial charge >= 0.3 is 6.18 Å². The highest BCUT2D eigenvalue weighted by molar-refractivity contribution is 5.81. The lowest BCUT2D eigenvalue weighted by Gasteiger charge is -2.33. The number of aromatic amines is 1. The van der Waals surface area contributed by atoms with Gasteiger partial charge in [-0.25, -0.2) is 15.0 Å². The second-order valence-electron chi connectivity index (χ2n) is 8.78. The van der Waals surface area contributed by atoms with Gasteiger partial charge in [0.15, 0.2) is 6.61 Å². The molecular formula is C25H26F3N7O. The van der Waals surface area contributed by atoms with Gasteiger partial charge in [-0.2, -0.15) is 13.2 Å². The molecule has 1 saturated heterocycles. The number of hydrogen-bond donors (Lipinski definition) is 2. The Hall–Kier alpha value is -3.57. The first kappa shape index (κ1) is 24.1. The Balaban J connectivity index is 1.32. The summed E-state index contributed by atoms with van der Waals surface area (Å²) in [5.41, 5.74) is 4.90. The second kappa shape index (κ2) is 10.2. The van der Waals surface area contributed by atoms with Crippen LogP contribution in [0, 0.1) is 0 Å². The summed E-state index contributed by atoms with van der Waals surface area (Å²) >= 11 is 0. The molecule has 0 radical (unpaired) electrons. The average molecular weight is 498 g/mol. The quantitative estimate of drug-likeness (QED) is 0.400. The maximum absolute atomic E-state index is 12.5. The summed E-state index contributed by atoms with van der Waals surface area (Å²) in [6.45, 7) is 4.86. The molecule has 3 aromatic heterocycles. The van der Waals surface area contributed by atoms with Gasteiger partial charge in [0.1, 0.15) is 12.2 Å². The zero-order chi connectivity index (χ0) is 25.1. The van der Waals surface area contributed by atoms with Crippen LogP contribution in [0.4, 0.5) is 13.2 Å². The number of imidazole rings is 1. The van der Waals surface area contributed by atoms with Crippen LogP contribution in [0.15, 0.2) is 48.9 Å². The lowest BCUT2D eigenvalue weighted by molar-refractivity contribution is -0.154. The minimum absolute atomic E-state index is 0.135. The number of nitrogens with zero attached hydrogens (tertiary/aromatic N) is 5. The Bertz CT molecular complexity index is 1330. The van der Waals surface area contributed by atoms with Crippen LogP contribution in [0.5, 0.6) is 5.88 Å². The lowest BCUT2D eigenvalue weighted by Crippen LogP contribution is -2.44. The van der Waals surface area contributed by atoms with E-state index >= 15 is 0 Å². The van der Waals surface area contributed by atoms with Gasteiger partial charge in [-0.1, -0.05) is 6.07 Å². The molecule has 8 nitrogen and oxygen atoms in total. The van der Waals surface area contributed by atoms with Gasteiger partial charge in [0, 0.05) is 62.2 Å². The molecule has 188 valence electrons. The van der Waals surface area contributed by atoms with E-state index in [2.05, 4.69) is 54.2 Å². The average Bonchev–Trinajstić information content (AvgIpc) is 3.29. The lowest BCUT2D eigenvalue weighted by atomic mass is 10.1. The normalized spacial score (nSPS) is 15.8. The number of piperazine rings is 1. The fourth-order valence-corrected chi connectivity index (χ4v) is 4.34. The number of H-pyrrole nitrogens is 1. The van der Waals surface area contributed by atoms with Crippen molar-refractivity contribution in [2.24, 2.45) is 0 Å².